The number of halogens is 3. The average molecular weight is 496 g/mol. The zero-order chi connectivity index (χ0) is 26.1. The summed E-state index contributed by atoms with van der Waals surface area (Å²) in [6.45, 7) is 6.08. The van der Waals surface area contributed by atoms with Crippen LogP contribution >= 0.6 is 0 Å². The van der Waals surface area contributed by atoms with E-state index >= 15 is 0 Å². The van der Waals surface area contributed by atoms with Crippen LogP contribution in [0.5, 0.6) is 0 Å². The molecule has 0 atom stereocenters. The standard InChI is InChI=1S/C25H24F3N7O/c1-24(2,3)21-34-19(20(35-21)18-11-12-30-22(29)33-18)14-5-4-6-17(13-14)32-23(36)31-16-9-7-15(8-10-16)25(26,27)28/h4-13H,1-3H3,(H,34,35)(H2,29,30,33)(H2,31,32,36). The summed E-state index contributed by atoms with van der Waals surface area (Å²) in [6, 6.07) is 12.3. The van der Waals surface area contributed by atoms with Gasteiger partial charge < -0.3 is 21.4 Å². The molecule has 0 unspecified atom stereocenters. The van der Waals surface area contributed by atoms with E-state index in [1.807, 2.05) is 26.8 Å². The van der Waals surface area contributed by atoms with E-state index in [0.29, 0.717) is 28.3 Å². The molecule has 0 saturated heterocycles. The van der Waals surface area contributed by atoms with Crippen molar-refractivity contribution in [2.24, 2.45) is 0 Å². The SMILES string of the molecule is CC(C)(C)c1nc(-c2cccc(NC(=O)Nc3ccc(C(F)(F)F)cc3)c2)c(-c2ccnc(N)n2)[nH]1. The van der Waals surface area contributed by atoms with Crippen LogP contribution in [0.4, 0.5) is 35.3 Å². The topological polar surface area (TPSA) is 122 Å². The van der Waals surface area contributed by atoms with Crippen molar-refractivity contribution >= 4 is 23.4 Å². The Morgan fingerprint density at radius 3 is 2.28 bits per heavy atom. The summed E-state index contributed by atoms with van der Waals surface area (Å²) in [5.41, 5.74) is 7.95. The van der Waals surface area contributed by atoms with Gasteiger partial charge in [-0.3, -0.25) is 0 Å². The molecule has 11 heteroatoms. The molecule has 2 amide bonds. The maximum atomic E-state index is 12.8. The van der Waals surface area contributed by atoms with Crippen molar-refractivity contribution in [3.8, 4) is 22.6 Å². The van der Waals surface area contributed by atoms with Crippen molar-refractivity contribution in [3.63, 3.8) is 0 Å². The van der Waals surface area contributed by atoms with Crippen LogP contribution in [-0.4, -0.2) is 26.0 Å². The van der Waals surface area contributed by atoms with Crippen LogP contribution in [0.25, 0.3) is 22.6 Å². The third kappa shape index (κ3) is 5.62. The van der Waals surface area contributed by atoms with E-state index in [2.05, 4.69) is 25.6 Å². The lowest BCUT2D eigenvalue weighted by Crippen LogP contribution is -2.19. The lowest BCUT2D eigenvalue weighted by atomic mass is 9.96. The van der Waals surface area contributed by atoms with Gasteiger partial charge in [-0.2, -0.15) is 13.2 Å². The number of imidazole rings is 1. The second-order valence-corrected chi connectivity index (χ2v) is 9.09. The van der Waals surface area contributed by atoms with Gasteiger partial charge in [0.2, 0.25) is 5.95 Å². The van der Waals surface area contributed by atoms with Gasteiger partial charge in [-0.25, -0.2) is 19.7 Å². The molecule has 5 N–H and O–H groups in total. The predicted molar refractivity (Wildman–Crippen MR) is 132 cm³/mol. The molecule has 2 aromatic carbocycles. The number of benzene rings is 2. The first kappa shape index (κ1) is 24.7. The third-order valence-corrected chi connectivity index (χ3v) is 5.21. The number of aromatic amines is 1. The molecule has 2 aromatic heterocycles. The van der Waals surface area contributed by atoms with E-state index in [1.54, 1.807) is 30.5 Å². The summed E-state index contributed by atoms with van der Waals surface area (Å²) >= 11 is 0. The normalized spacial score (nSPS) is 11.8. The Balaban J connectivity index is 1.59. The second kappa shape index (κ2) is 9.33. The summed E-state index contributed by atoms with van der Waals surface area (Å²) in [6.07, 6.45) is -2.89. The zero-order valence-corrected chi connectivity index (χ0v) is 19.7. The molecule has 4 rings (SSSR count). The number of hydrogen-bond donors (Lipinski definition) is 4. The number of hydrogen-bond acceptors (Lipinski definition) is 5. The number of nitrogens with zero attached hydrogens (tertiary/aromatic N) is 3. The summed E-state index contributed by atoms with van der Waals surface area (Å²) in [7, 11) is 0. The highest BCUT2D eigenvalue weighted by Crippen LogP contribution is 2.34. The Hall–Kier alpha value is -4.41. The number of amides is 2. The predicted octanol–water partition coefficient (Wildman–Crippen LogP) is 6.08. The highest BCUT2D eigenvalue weighted by molar-refractivity contribution is 6.00. The van der Waals surface area contributed by atoms with Crippen LogP contribution in [-0.2, 0) is 11.6 Å². The molecule has 0 bridgehead atoms. The Morgan fingerprint density at radius 1 is 0.944 bits per heavy atom. The van der Waals surface area contributed by atoms with Gasteiger partial charge >= 0.3 is 12.2 Å². The van der Waals surface area contributed by atoms with Crippen LogP contribution < -0.4 is 16.4 Å². The molecule has 0 radical (unpaired) electrons. The Labute approximate surface area is 205 Å². The van der Waals surface area contributed by atoms with Gasteiger partial charge in [0, 0.05) is 28.6 Å². The Morgan fingerprint density at radius 2 is 1.64 bits per heavy atom. The number of alkyl halides is 3. The summed E-state index contributed by atoms with van der Waals surface area (Å²) in [4.78, 5) is 28.9. The largest absolute Gasteiger partial charge is 0.416 e. The fourth-order valence-corrected chi connectivity index (χ4v) is 3.42. The van der Waals surface area contributed by atoms with Gasteiger partial charge in [-0.15, -0.1) is 0 Å². The molecule has 0 spiro atoms. The van der Waals surface area contributed by atoms with Crippen LogP contribution in [0, 0.1) is 0 Å². The number of nitrogens with one attached hydrogen (secondary N) is 3. The molecular weight excluding hydrogens is 471 g/mol. The molecule has 2 heterocycles. The van der Waals surface area contributed by atoms with Gasteiger partial charge in [0.05, 0.1) is 22.6 Å². The summed E-state index contributed by atoms with van der Waals surface area (Å²) in [5, 5.41) is 5.22. The van der Waals surface area contributed by atoms with Gasteiger partial charge in [-0.1, -0.05) is 32.9 Å². The molecule has 0 aliphatic heterocycles. The molecule has 0 fully saturated rings. The number of anilines is 3. The van der Waals surface area contributed by atoms with Gasteiger partial charge in [-0.05, 0) is 42.5 Å². The van der Waals surface area contributed by atoms with E-state index in [1.165, 1.54) is 12.1 Å². The number of H-pyrrole nitrogens is 1. The average Bonchev–Trinajstić information content (AvgIpc) is 3.25. The highest BCUT2D eigenvalue weighted by Gasteiger charge is 2.30. The first-order valence-electron chi connectivity index (χ1n) is 11.0. The number of urea groups is 1. The van der Waals surface area contributed by atoms with Gasteiger partial charge in [0.25, 0.3) is 0 Å². The number of nitrogen functional groups attached to an aromatic ring is 1. The zero-order valence-electron chi connectivity index (χ0n) is 19.7. The van der Waals surface area contributed by atoms with E-state index in [9.17, 15) is 18.0 Å². The van der Waals surface area contributed by atoms with Gasteiger partial charge in [0.15, 0.2) is 0 Å². The van der Waals surface area contributed by atoms with E-state index in [0.717, 1.165) is 18.0 Å². The number of carbonyl (C=O) groups is 1. The number of aromatic nitrogens is 4. The molecule has 8 nitrogen and oxygen atoms in total. The van der Waals surface area contributed by atoms with Crippen molar-refractivity contribution in [1.82, 2.24) is 19.9 Å². The van der Waals surface area contributed by atoms with Gasteiger partial charge in [0.1, 0.15) is 5.82 Å². The van der Waals surface area contributed by atoms with Crippen LogP contribution in [0.3, 0.4) is 0 Å². The molecule has 0 aliphatic rings. The molecule has 36 heavy (non-hydrogen) atoms. The minimum absolute atomic E-state index is 0.126. The van der Waals surface area contributed by atoms with E-state index < -0.39 is 17.8 Å². The lowest BCUT2D eigenvalue weighted by Gasteiger charge is -2.14. The first-order valence-corrected chi connectivity index (χ1v) is 11.0. The quantitative estimate of drug-likeness (QED) is 0.274. The molecule has 186 valence electrons. The first-order chi connectivity index (χ1) is 16.9. The third-order valence-electron chi connectivity index (χ3n) is 5.21. The molecule has 0 aliphatic carbocycles. The van der Waals surface area contributed by atoms with Crippen LogP contribution in [0.15, 0.2) is 60.8 Å². The molecule has 4 aromatic rings. The van der Waals surface area contributed by atoms with Crippen LogP contribution in [0.1, 0.15) is 32.2 Å². The Bertz CT molecular complexity index is 1390. The fourth-order valence-electron chi connectivity index (χ4n) is 3.42. The molecular formula is C25H24F3N7O. The summed E-state index contributed by atoms with van der Waals surface area (Å²) in [5.74, 6) is 0.865. The van der Waals surface area contributed by atoms with Crippen LogP contribution in [0.2, 0.25) is 0 Å². The van der Waals surface area contributed by atoms with Crippen molar-refractivity contribution in [3.05, 3.63) is 72.2 Å². The van der Waals surface area contributed by atoms with E-state index in [-0.39, 0.29) is 17.1 Å². The number of rotatable bonds is 4. The van der Waals surface area contributed by atoms with Crippen molar-refractivity contribution in [1.29, 1.82) is 0 Å². The maximum absolute atomic E-state index is 12.8. The number of carbonyl (C=O) groups excluding carboxylic acids is 1. The van der Waals surface area contributed by atoms with E-state index in [4.69, 9.17) is 10.7 Å². The minimum Gasteiger partial charge on any atom is -0.368 e. The second-order valence-electron chi connectivity index (χ2n) is 9.09. The van der Waals surface area contributed by atoms with Crippen molar-refractivity contribution in [2.45, 2.75) is 32.4 Å². The summed E-state index contributed by atoms with van der Waals surface area (Å²) < 4.78 is 38.3. The van der Waals surface area contributed by atoms with Crippen molar-refractivity contribution in [2.75, 3.05) is 16.4 Å². The monoisotopic (exact) mass is 495 g/mol. The van der Waals surface area contributed by atoms with Crippen molar-refractivity contribution < 1.29 is 18.0 Å². The smallest absolute Gasteiger partial charge is 0.368 e. The Kier molecular flexibility index (Phi) is 6.40. The minimum atomic E-state index is -4.45. The molecule has 0 saturated carbocycles. The lowest BCUT2D eigenvalue weighted by molar-refractivity contribution is -0.137. The highest BCUT2D eigenvalue weighted by atomic mass is 19.4. The number of nitrogens with two attached hydrogens (primary N) is 1. The maximum Gasteiger partial charge on any atom is 0.416 e. The fraction of sp³-hybridized carbons (Fsp3) is 0.200.